The van der Waals surface area contributed by atoms with Gasteiger partial charge < -0.3 is 9.73 Å². The van der Waals surface area contributed by atoms with Gasteiger partial charge in [-0.15, -0.1) is 0 Å². The van der Waals surface area contributed by atoms with E-state index in [0.29, 0.717) is 6.04 Å². The largest absolute Gasteiger partial charge is 0.461 e. The molecular weight excluding hydrogens is 222 g/mol. The van der Waals surface area contributed by atoms with Gasteiger partial charge in [-0.1, -0.05) is 24.6 Å². The Balaban J connectivity index is 1.75. The van der Waals surface area contributed by atoms with E-state index in [0.717, 1.165) is 23.8 Å². The van der Waals surface area contributed by atoms with Gasteiger partial charge in [0.2, 0.25) is 0 Å². The van der Waals surface area contributed by atoms with Gasteiger partial charge >= 0.3 is 0 Å². The second-order valence-electron chi connectivity index (χ2n) is 5.49. The molecule has 1 atom stereocenters. The van der Waals surface area contributed by atoms with Gasteiger partial charge in [0, 0.05) is 23.5 Å². The third-order valence-corrected chi connectivity index (χ3v) is 4.36. The quantitative estimate of drug-likeness (QED) is 0.877. The van der Waals surface area contributed by atoms with Gasteiger partial charge in [0.1, 0.15) is 11.3 Å². The molecule has 1 aromatic carbocycles. The number of aryl methyl sites for hydroxylation is 1. The zero-order valence-electron chi connectivity index (χ0n) is 11.2. The van der Waals surface area contributed by atoms with E-state index in [2.05, 4.69) is 31.3 Å². The molecule has 1 heterocycles. The van der Waals surface area contributed by atoms with E-state index in [1.165, 1.54) is 30.2 Å². The van der Waals surface area contributed by atoms with Crippen molar-refractivity contribution in [2.45, 2.75) is 45.7 Å². The van der Waals surface area contributed by atoms with Crippen molar-refractivity contribution in [2.24, 2.45) is 5.92 Å². The third kappa shape index (κ3) is 2.05. The molecule has 1 aliphatic rings. The molecule has 2 nitrogen and oxygen atoms in total. The van der Waals surface area contributed by atoms with Crippen LogP contribution in [-0.4, -0.2) is 6.04 Å². The maximum atomic E-state index is 5.79. The summed E-state index contributed by atoms with van der Waals surface area (Å²) < 4.78 is 5.79. The van der Waals surface area contributed by atoms with Crippen LogP contribution in [0.2, 0.25) is 0 Å². The molecule has 1 unspecified atom stereocenters. The number of para-hydroxylation sites is 1. The molecule has 0 spiro atoms. The first-order valence-electron chi connectivity index (χ1n) is 6.96. The zero-order valence-corrected chi connectivity index (χ0v) is 11.2. The molecule has 1 aromatic heterocycles. The van der Waals surface area contributed by atoms with Gasteiger partial charge in [0.15, 0.2) is 0 Å². The van der Waals surface area contributed by atoms with Crippen molar-refractivity contribution >= 4 is 11.0 Å². The Morgan fingerprint density at radius 1 is 1.33 bits per heavy atom. The smallest absolute Gasteiger partial charge is 0.134 e. The van der Waals surface area contributed by atoms with Crippen LogP contribution in [0.5, 0.6) is 0 Å². The Morgan fingerprint density at radius 2 is 2.11 bits per heavy atom. The molecule has 1 saturated carbocycles. The summed E-state index contributed by atoms with van der Waals surface area (Å²) in [6.45, 7) is 5.28. The van der Waals surface area contributed by atoms with E-state index in [4.69, 9.17) is 4.42 Å². The molecular formula is C16H21NO. The molecule has 0 bridgehead atoms. The lowest BCUT2D eigenvalue weighted by Gasteiger charge is -2.32. The highest BCUT2D eigenvalue weighted by Crippen LogP contribution is 2.30. The van der Waals surface area contributed by atoms with Crippen LogP contribution in [0, 0.1) is 12.8 Å². The highest BCUT2D eigenvalue weighted by Gasteiger charge is 2.23. The normalized spacial score (nSPS) is 17.9. The van der Waals surface area contributed by atoms with Gasteiger partial charge in [0.05, 0.1) is 0 Å². The van der Waals surface area contributed by atoms with E-state index >= 15 is 0 Å². The van der Waals surface area contributed by atoms with Crippen LogP contribution in [0.25, 0.3) is 11.0 Å². The van der Waals surface area contributed by atoms with E-state index in [1.807, 2.05) is 12.1 Å². The van der Waals surface area contributed by atoms with Gasteiger partial charge in [-0.05, 0) is 38.7 Å². The first-order valence-corrected chi connectivity index (χ1v) is 6.96. The Bertz CT molecular complexity index is 539. The minimum Gasteiger partial charge on any atom is -0.461 e. The van der Waals surface area contributed by atoms with Crippen molar-refractivity contribution in [1.82, 2.24) is 5.32 Å². The first-order chi connectivity index (χ1) is 8.75. The van der Waals surface area contributed by atoms with E-state index in [9.17, 15) is 0 Å². The minimum absolute atomic E-state index is 0.617. The SMILES string of the molecule is Cc1oc2ccccc2c1CNC(C)C1CCC1. The van der Waals surface area contributed by atoms with E-state index < -0.39 is 0 Å². The van der Waals surface area contributed by atoms with Gasteiger partial charge in [-0.25, -0.2) is 0 Å². The van der Waals surface area contributed by atoms with Crippen molar-refractivity contribution in [1.29, 1.82) is 0 Å². The lowest BCUT2D eigenvalue weighted by Crippen LogP contribution is -2.36. The molecule has 96 valence electrons. The van der Waals surface area contributed by atoms with Crippen LogP contribution in [-0.2, 0) is 6.54 Å². The fourth-order valence-electron chi connectivity index (χ4n) is 2.81. The Morgan fingerprint density at radius 3 is 2.83 bits per heavy atom. The van der Waals surface area contributed by atoms with Crippen molar-refractivity contribution < 1.29 is 4.42 Å². The van der Waals surface area contributed by atoms with E-state index in [-0.39, 0.29) is 0 Å². The van der Waals surface area contributed by atoms with E-state index in [1.54, 1.807) is 0 Å². The molecule has 1 fully saturated rings. The van der Waals surface area contributed by atoms with Crippen molar-refractivity contribution in [3.63, 3.8) is 0 Å². The number of hydrogen-bond donors (Lipinski definition) is 1. The van der Waals surface area contributed by atoms with Crippen LogP contribution < -0.4 is 5.32 Å². The lowest BCUT2D eigenvalue weighted by molar-refractivity contribution is 0.240. The van der Waals surface area contributed by atoms with Crippen LogP contribution in [0.3, 0.4) is 0 Å². The summed E-state index contributed by atoms with van der Waals surface area (Å²) in [5.74, 6) is 1.92. The molecule has 1 aliphatic carbocycles. The number of fused-ring (bicyclic) bond motifs is 1. The Hall–Kier alpha value is -1.28. The van der Waals surface area contributed by atoms with Crippen molar-refractivity contribution in [3.8, 4) is 0 Å². The third-order valence-electron chi connectivity index (χ3n) is 4.36. The Kier molecular flexibility index (Phi) is 3.13. The second kappa shape index (κ2) is 4.77. The molecule has 0 amide bonds. The molecule has 2 aromatic rings. The number of nitrogens with one attached hydrogen (secondary N) is 1. The highest BCUT2D eigenvalue weighted by molar-refractivity contribution is 5.82. The molecule has 0 saturated heterocycles. The molecule has 18 heavy (non-hydrogen) atoms. The summed E-state index contributed by atoms with van der Waals surface area (Å²) >= 11 is 0. The zero-order chi connectivity index (χ0) is 12.5. The fourth-order valence-corrected chi connectivity index (χ4v) is 2.81. The molecule has 0 aliphatic heterocycles. The molecule has 0 radical (unpaired) electrons. The van der Waals surface area contributed by atoms with Crippen LogP contribution in [0.4, 0.5) is 0 Å². The number of rotatable bonds is 4. The second-order valence-corrected chi connectivity index (χ2v) is 5.49. The average Bonchev–Trinajstić information content (AvgIpc) is 2.60. The van der Waals surface area contributed by atoms with Crippen LogP contribution in [0.1, 0.15) is 37.5 Å². The number of benzene rings is 1. The molecule has 3 rings (SSSR count). The number of furan rings is 1. The standard InChI is InChI=1S/C16H21NO/c1-11(13-6-5-7-13)17-10-15-12(2)18-16-9-4-3-8-14(15)16/h3-4,8-9,11,13,17H,5-7,10H2,1-2H3. The minimum atomic E-state index is 0.617. The predicted molar refractivity (Wildman–Crippen MR) is 74.6 cm³/mol. The van der Waals surface area contributed by atoms with Gasteiger partial charge in [-0.2, -0.15) is 0 Å². The Labute approximate surface area is 108 Å². The summed E-state index contributed by atoms with van der Waals surface area (Å²) in [6, 6.07) is 8.92. The molecule has 2 heteroatoms. The first kappa shape index (κ1) is 11.8. The monoisotopic (exact) mass is 243 g/mol. The maximum Gasteiger partial charge on any atom is 0.134 e. The summed E-state index contributed by atoms with van der Waals surface area (Å²) in [6.07, 6.45) is 4.18. The van der Waals surface area contributed by atoms with Crippen LogP contribution >= 0.6 is 0 Å². The van der Waals surface area contributed by atoms with Gasteiger partial charge in [0.25, 0.3) is 0 Å². The summed E-state index contributed by atoms with van der Waals surface area (Å²) in [5, 5.41) is 4.91. The maximum absolute atomic E-state index is 5.79. The summed E-state index contributed by atoms with van der Waals surface area (Å²) in [7, 11) is 0. The van der Waals surface area contributed by atoms with Crippen molar-refractivity contribution in [2.75, 3.05) is 0 Å². The predicted octanol–water partition coefficient (Wildman–Crippen LogP) is 4.02. The molecule has 1 N–H and O–H groups in total. The van der Waals surface area contributed by atoms with Crippen LogP contribution in [0.15, 0.2) is 28.7 Å². The summed E-state index contributed by atoms with van der Waals surface area (Å²) in [5.41, 5.74) is 2.32. The average molecular weight is 243 g/mol. The van der Waals surface area contributed by atoms with Crippen molar-refractivity contribution in [3.05, 3.63) is 35.6 Å². The fraction of sp³-hybridized carbons (Fsp3) is 0.500. The van der Waals surface area contributed by atoms with Gasteiger partial charge in [-0.3, -0.25) is 0 Å². The highest BCUT2D eigenvalue weighted by atomic mass is 16.3. The lowest BCUT2D eigenvalue weighted by atomic mass is 9.80. The number of hydrogen-bond acceptors (Lipinski definition) is 2. The summed E-state index contributed by atoms with van der Waals surface area (Å²) in [4.78, 5) is 0. The topological polar surface area (TPSA) is 25.2 Å².